The number of benzene rings is 2. The number of sulfonamides is 1. The molecular formula is C22H29ClN2O3S. The van der Waals surface area contributed by atoms with Crippen LogP contribution in [0.15, 0.2) is 42.5 Å². The van der Waals surface area contributed by atoms with Crippen molar-refractivity contribution in [1.82, 2.24) is 5.32 Å². The first kappa shape index (κ1) is 23.2. The molecule has 0 bridgehead atoms. The molecule has 0 spiro atoms. The number of halogens is 1. The molecule has 0 radical (unpaired) electrons. The van der Waals surface area contributed by atoms with Crippen molar-refractivity contribution in [2.45, 2.75) is 39.5 Å². The first-order valence-corrected chi connectivity index (χ1v) is 12.0. The van der Waals surface area contributed by atoms with E-state index in [-0.39, 0.29) is 18.9 Å². The predicted molar refractivity (Wildman–Crippen MR) is 120 cm³/mol. The van der Waals surface area contributed by atoms with Gasteiger partial charge in [0.1, 0.15) is 0 Å². The second-order valence-electron chi connectivity index (χ2n) is 7.31. The molecule has 5 nitrogen and oxygen atoms in total. The molecule has 1 N–H and O–H groups in total. The van der Waals surface area contributed by atoms with Gasteiger partial charge in [0.2, 0.25) is 15.9 Å². The van der Waals surface area contributed by atoms with E-state index in [0.29, 0.717) is 23.7 Å². The summed E-state index contributed by atoms with van der Waals surface area (Å²) in [7, 11) is -3.42. The summed E-state index contributed by atoms with van der Waals surface area (Å²) < 4.78 is 25.9. The monoisotopic (exact) mass is 436 g/mol. The SMILES string of the molecule is Cc1ccc(C)c(N(CCCC(=O)NCCCc2ccc(Cl)cc2)S(C)(=O)=O)c1. The number of aryl methyl sites for hydroxylation is 3. The van der Waals surface area contributed by atoms with Crippen molar-refractivity contribution < 1.29 is 13.2 Å². The van der Waals surface area contributed by atoms with E-state index in [4.69, 9.17) is 11.6 Å². The Morgan fingerprint density at radius 3 is 2.41 bits per heavy atom. The molecule has 0 saturated carbocycles. The minimum absolute atomic E-state index is 0.0597. The topological polar surface area (TPSA) is 66.5 Å². The number of nitrogens with one attached hydrogen (secondary N) is 1. The highest BCUT2D eigenvalue weighted by molar-refractivity contribution is 7.92. The van der Waals surface area contributed by atoms with Gasteiger partial charge in [0, 0.05) is 24.5 Å². The van der Waals surface area contributed by atoms with Crippen LogP contribution < -0.4 is 9.62 Å². The molecule has 29 heavy (non-hydrogen) atoms. The van der Waals surface area contributed by atoms with E-state index >= 15 is 0 Å². The van der Waals surface area contributed by atoms with E-state index in [1.165, 1.54) is 16.1 Å². The lowest BCUT2D eigenvalue weighted by Gasteiger charge is -2.24. The molecular weight excluding hydrogens is 408 g/mol. The van der Waals surface area contributed by atoms with Gasteiger partial charge in [-0.15, -0.1) is 0 Å². The maximum Gasteiger partial charge on any atom is 0.232 e. The fourth-order valence-corrected chi connectivity index (χ4v) is 4.24. The van der Waals surface area contributed by atoms with Crippen LogP contribution in [0, 0.1) is 13.8 Å². The zero-order chi connectivity index (χ0) is 21.4. The Labute approximate surface area is 179 Å². The summed E-state index contributed by atoms with van der Waals surface area (Å²) in [5.74, 6) is -0.0597. The first-order valence-electron chi connectivity index (χ1n) is 9.73. The molecule has 0 saturated heterocycles. The van der Waals surface area contributed by atoms with E-state index in [1.54, 1.807) is 0 Å². The standard InChI is InChI=1S/C22H29ClN2O3S/c1-17-8-9-18(2)21(16-17)25(29(3,27)28)15-5-7-22(26)24-14-4-6-19-10-12-20(23)13-11-19/h8-13,16H,4-7,14-15H2,1-3H3,(H,24,26). The molecule has 2 aromatic carbocycles. The van der Waals surface area contributed by atoms with Gasteiger partial charge in [0.25, 0.3) is 0 Å². The molecule has 0 aliphatic heterocycles. The molecule has 0 aliphatic carbocycles. The largest absolute Gasteiger partial charge is 0.356 e. The first-order chi connectivity index (χ1) is 13.7. The lowest BCUT2D eigenvalue weighted by molar-refractivity contribution is -0.121. The average Bonchev–Trinajstić information content (AvgIpc) is 2.65. The van der Waals surface area contributed by atoms with E-state index in [1.807, 2.05) is 56.3 Å². The van der Waals surface area contributed by atoms with E-state index in [9.17, 15) is 13.2 Å². The third-order valence-corrected chi connectivity index (χ3v) is 6.11. The van der Waals surface area contributed by atoms with E-state index in [2.05, 4.69) is 5.32 Å². The number of anilines is 1. The third-order valence-electron chi connectivity index (χ3n) is 4.68. The number of carbonyl (C=O) groups is 1. The minimum Gasteiger partial charge on any atom is -0.356 e. The van der Waals surface area contributed by atoms with E-state index < -0.39 is 10.0 Å². The smallest absolute Gasteiger partial charge is 0.232 e. The summed E-state index contributed by atoms with van der Waals surface area (Å²) in [5, 5.41) is 3.62. The zero-order valence-corrected chi connectivity index (χ0v) is 18.8. The normalized spacial score (nSPS) is 11.3. The summed E-state index contributed by atoms with van der Waals surface area (Å²) in [6.07, 6.45) is 3.66. The predicted octanol–water partition coefficient (Wildman–Crippen LogP) is 4.25. The summed E-state index contributed by atoms with van der Waals surface area (Å²) in [6, 6.07) is 13.4. The summed E-state index contributed by atoms with van der Waals surface area (Å²) in [4.78, 5) is 12.1. The molecule has 0 heterocycles. The quantitative estimate of drug-likeness (QED) is 0.566. The van der Waals surface area contributed by atoms with Crippen LogP contribution >= 0.6 is 11.6 Å². The van der Waals surface area contributed by atoms with Crippen LogP contribution in [-0.4, -0.2) is 33.7 Å². The van der Waals surface area contributed by atoms with Crippen LogP contribution in [0.5, 0.6) is 0 Å². The molecule has 0 unspecified atom stereocenters. The Bertz CT molecular complexity index is 928. The van der Waals surface area contributed by atoms with E-state index in [0.717, 1.165) is 24.0 Å². The van der Waals surface area contributed by atoms with Crippen LogP contribution in [-0.2, 0) is 21.2 Å². The molecule has 0 atom stereocenters. The van der Waals surface area contributed by atoms with Crippen molar-refractivity contribution in [3.63, 3.8) is 0 Å². The van der Waals surface area contributed by atoms with Gasteiger partial charge in [-0.05, 0) is 68.0 Å². The molecule has 0 fully saturated rings. The Kier molecular flexibility index (Phi) is 8.53. The molecule has 2 aromatic rings. The fourth-order valence-electron chi connectivity index (χ4n) is 3.10. The Hall–Kier alpha value is -2.05. The zero-order valence-electron chi connectivity index (χ0n) is 17.2. The Balaban J connectivity index is 1.79. The van der Waals surface area contributed by atoms with Gasteiger partial charge < -0.3 is 5.32 Å². The van der Waals surface area contributed by atoms with Crippen LogP contribution in [0.3, 0.4) is 0 Å². The maximum absolute atomic E-state index is 12.3. The molecule has 0 aliphatic rings. The number of hydrogen-bond donors (Lipinski definition) is 1. The number of carbonyl (C=O) groups excluding carboxylic acids is 1. The average molecular weight is 437 g/mol. The second kappa shape index (κ2) is 10.6. The van der Waals surface area contributed by atoms with Crippen molar-refractivity contribution in [3.8, 4) is 0 Å². The van der Waals surface area contributed by atoms with Gasteiger partial charge in [-0.25, -0.2) is 8.42 Å². The number of amides is 1. The number of nitrogens with zero attached hydrogens (tertiary/aromatic N) is 1. The minimum atomic E-state index is -3.42. The van der Waals surface area contributed by atoms with Gasteiger partial charge in [-0.3, -0.25) is 9.10 Å². The highest BCUT2D eigenvalue weighted by atomic mass is 35.5. The van der Waals surface area contributed by atoms with Crippen LogP contribution in [0.2, 0.25) is 5.02 Å². The third kappa shape index (κ3) is 7.71. The molecule has 1 amide bonds. The maximum atomic E-state index is 12.3. The fraction of sp³-hybridized carbons (Fsp3) is 0.409. The Morgan fingerprint density at radius 2 is 1.76 bits per heavy atom. The number of rotatable bonds is 10. The summed E-state index contributed by atoms with van der Waals surface area (Å²) in [5.41, 5.74) is 3.75. The molecule has 158 valence electrons. The van der Waals surface area contributed by atoms with Gasteiger partial charge in [-0.2, -0.15) is 0 Å². The molecule has 7 heteroatoms. The lowest BCUT2D eigenvalue weighted by Crippen LogP contribution is -2.33. The van der Waals surface area contributed by atoms with Crippen molar-refractivity contribution in [3.05, 3.63) is 64.2 Å². The van der Waals surface area contributed by atoms with Crippen molar-refractivity contribution in [2.75, 3.05) is 23.7 Å². The summed E-state index contributed by atoms with van der Waals surface area (Å²) in [6.45, 7) is 4.69. The highest BCUT2D eigenvalue weighted by Gasteiger charge is 2.19. The van der Waals surface area contributed by atoms with Gasteiger partial charge >= 0.3 is 0 Å². The molecule has 0 aromatic heterocycles. The second-order valence-corrected chi connectivity index (χ2v) is 9.65. The molecule has 2 rings (SSSR count). The van der Waals surface area contributed by atoms with Crippen LogP contribution in [0.25, 0.3) is 0 Å². The number of hydrogen-bond acceptors (Lipinski definition) is 3. The van der Waals surface area contributed by atoms with Gasteiger partial charge in [0.15, 0.2) is 0 Å². The van der Waals surface area contributed by atoms with Crippen molar-refractivity contribution in [1.29, 1.82) is 0 Å². The van der Waals surface area contributed by atoms with Gasteiger partial charge in [0.05, 0.1) is 11.9 Å². The van der Waals surface area contributed by atoms with Crippen LogP contribution in [0.4, 0.5) is 5.69 Å². The van der Waals surface area contributed by atoms with Gasteiger partial charge in [-0.1, -0.05) is 35.9 Å². The van der Waals surface area contributed by atoms with Crippen molar-refractivity contribution in [2.24, 2.45) is 0 Å². The lowest BCUT2D eigenvalue weighted by atomic mass is 10.1. The summed E-state index contributed by atoms with van der Waals surface area (Å²) >= 11 is 5.87. The Morgan fingerprint density at radius 1 is 1.07 bits per heavy atom. The van der Waals surface area contributed by atoms with Crippen LogP contribution in [0.1, 0.15) is 36.0 Å². The highest BCUT2D eigenvalue weighted by Crippen LogP contribution is 2.24. The van der Waals surface area contributed by atoms with Crippen molar-refractivity contribution >= 4 is 33.2 Å².